The van der Waals surface area contributed by atoms with E-state index in [1.807, 2.05) is 25.2 Å². The number of H-pyrrole nitrogens is 1. The zero-order valence-corrected chi connectivity index (χ0v) is 14.7. The number of thiophene rings is 1. The SMILES string of the molecule is CC(=O)c1[nH]c(C)c(C(=O)NCc2csc3c2CCCC3)c1C. The van der Waals surface area contributed by atoms with Gasteiger partial charge in [-0.05, 0) is 61.6 Å². The Balaban J connectivity index is 1.75. The fourth-order valence-electron chi connectivity index (χ4n) is 3.42. The van der Waals surface area contributed by atoms with E-state index in [0.717, 1.165) is 17.7 Å². The van der Waals surface area contributed by atoms with Gasteiger partial charge in [-0.3, -0.25) is 9.59 Å². The predicted octanol–water partition coefficient (Wildman–Crippen LogP) is 3.70. The Kier molecular flexibility index (Phi) is 4.39. The van der Waals surface area contributed by atoms with Gasteiger partial charge in [0.05, 0.1) is 11.3 Å². The zero-order chi connectivity index (χ0) is 16.6. The smallest absolute Gasteiger partial charge is 0.253 e. The van der Waals surface area contributed by atoms with Crippen LogP contribution in [0.5, 0.6) is 0 Å². The molecule has 5 heteroatoms. The van der Waals surface area contributed by atoms with Gasteiger partial charge in [-0.25, -0.2) is 0 Å². The summed E-state index contributed by atoms with van der Waals surface area (Å²) >= 11 is 1.81. The molecule has 0 saturated heterocycles. The second-order valence-electron chi connectivity index (χ2n) is 6.23. The summed E-state index contributed by atoms with van der Waals surface area (Å²) in [4.78, 5) is 28.7. The Morgan fingerprint density at radius 2 is 2.00 bits per heavy atom. The Hall–Kier alpha value is -1.88. The first-order valence-electron chi connectivity index (χ1n) is 8.05. The minimum Gasteiger partial charge on any atom is -0.355 e. The molecule has 2 N–H and O–H groups in total. The quantitative estimate of drug-likeness (QED) is 0.840. The molecule has 0 bridgehead atoms. The first kappa shape index (κ1) is 16.0. The minimum atomic E-state index is -0.112. The Morgan fingerprint density at radius 1 is 1.26 bits per heavy atom. The third-order valence-electron chi connectivity index (χ3n) is 4.60. The number of rotatable bonds is 4. The first-order valence-corrected chi connectivity index (χ1v) is 8.93. The molecule has 1 aliphatic carbocycles. The van der Waals surface area contributed by atoms with Crippen LogP contribution >= 0.6 is 11.3 Å². The highest BCUT2D eigenvalue weighted by Gasteiger charge is 2.21. The molecule has 0 unspecified atom stereocenters. The summed E-state index contributed by atoms with van der Waals surface area (Å²) in [6.07, 6.45) is 4.81. The van der Waals surface area contributed by atoms with E-state index in [1.54, 1.807) is 0 Å². The van der Waals surface area contributed by atoms with Crippen molar-refractivity contribution in [2.75, 3.05) is 0 Å². The fraction of sp³-hybridized carbons (Fsp3) is 0.444. The summed E-state index contributed by atoms with van der Waals surface area (Å²) in [5, 5.41) is 5.20. The first-order chi connectivity index (χ1) is 11.0. The van der Waals surface area contributed by atoms with Crippen molar-refractivity contribution < 1.29 is 9.59 Å². The second kappa shape index (κ2) is 6.32. The van der Waals surface area contributed by atoms with Crippen LogP contribution in [0.2, 0.25) is 0 Å². The molecular weight excluding hydrogens is 308 g/mol. The topological polar surface area (TPSA) is 62.0 Å². The van der Waals surface area contributed by atoms with Crippen LogP contribution < -0.4 is 5.32 Å². The minimum absolute atomic E-state index is 0.0449. The summed E-state index contributed by atoms with van der Waals surface area (Å²) in [5.74, 6) is -0.156. The molecule has 0 fully saturated rings. The van der Waals surface area contributed by atoms with E-state index in [0.29, 0.717) is 17.8 Å². The van der Waals surface area contributed by atoms with Crippen molar-refractivity contribution in [1.82, 2.24) is 10.3 Å². The van der Waals surface area contributed by atoms with Crippen molar-refractivity contribution in [2.24, 2.45) is 0 Å². The number of aryl methyl sites for hydroxylation is 2. The number of amides is 1. The molecule has 0 aromatic carbocycles. The highest BCUT2D eigenvalue weighted by atomic mass is 32.1. The molecule has 0 saturated carbocycles. The Bertz CT molecular complexity index is 770. The van der Waals surface area contributed by atoms with E-state index in [4.69, 9.17) is 0 Å². The van der Waals surface area contributed by atoms with Gasteiger partial charge in [-0.1, -0.05) is 0 Å². The normalized spacial score (nSPS) is 13.7. The summed E-state index contributed by atoms with van der Waals surface area (Å²) in [6, 6.07) is 0. The van der Waals surface area contributed by atoms with Crippen LogP contribution in [0.25, 0.3) is 0 Å². The molecule has 0 spiro atoms. The molecule has 2 aromatic heterocycles. The molecule has 122 valence electrons. The van der Waals surface area contributed by atoms with E-state index in [2.05, 4.69) is 15.7 Å². The van der Waals surface area contributed by atoms with Crippen LogP contribution in [0.15, 0.2) is 5.38 Å². The summed E-state index contributed by atoms with van der Waals surface area (Å²) < 4.78 is 0. The van der Waals surface area contributed by atoms with Crippen molar-refractivity contribution in [2.45, 2.75) is 53.0 Å². The number of hydrogen-bond acceptors (Lipinski definition) is 3. The number of aromatic amines is 1. The Labute approximate surface area is 140 Å². The molecule has 2 heterocycles. The standard InChI is InChI=1S/C18H22N2O2S/c1-10-16(11(2)20-17(10)12(3)21)18(22)19-8-13-9-23-15-7-5-4-6-14(13)15/h9,20H,4-8H2,1-3H3,(H,19,22). The van der Waals surface area contributed by atoms with Gasteiger partial charge in [-0.2, -0.15) is 0 Å². The predicted molar refractivity (Wildman–Crippen MR) is 92.4 cm³/mol. The third-order valence-corrected chi connectivity index (χ3v) is 5.74. The lowest BCUT2D eigenvalue weighted by Crippen LogP contribution is -2.24. The number of fused-ring (bicyclic) bond motifs is 1. The van der Waals surface area contributed by atoms with E-state index < -0.39 is 0 Å². The highest BCUT2D eigenvalue weighted by Crippen LogP contribution is 2.30. The maximum absolute atomic E-state index is 12.5. The van der Waals surface area contributed by atoms with Gasteiger partial charge in [0.25, 0.3) is 5.91 Å². The van der Waals surface area contributed by atoms with Crippen LogP contribution in [0, 0.1) is 13.8 Å². The number of carbonyl (C=O) groups excluding carboxylic acids is 2. The van der Waals surface area contributed by atoms with E-state index in [9.17, 15) is 9.59 Å². The van der Waals surface area contributed by atoms with Crippen LogP contribution in [0.1, 0.15) is 67.9 Å². The molecule has 0 aliphatic heterocycles. The third kappa shape index (κ3) is 2.98. The highest BCUT2D eigenvalue weighted by molar-refractivity contribution is 7.10. The molecule has 1 aliphatic rings. The molecule has 3 rings (SSSR count). The van der Waals surface area contributed by atoms with Crippen LogP contribution in [0.4, 0.5) is 0 Å². The summed E-state index contributed by atoms with van der Waals surface area (Å²) in [6.45, 7) is 5.73. The van der Waals surface area contributed by atoms with Crippen molar-refractivity contribution in [3.63, 3.8) is 0 Å². The van der Waals surface area contributed by atoms with Gasteiger partial charge >= 0.3 is 0 Å². The molecule has 23 heavy (non-hydrogen) atoms. The summed E-state index contributed by atoms with van der Waals surface area (Å²) in [7, 11) is 0. The second-order valence-corrected chi connectivity index (χ2v) is 7.20. The van der Waals surface area contributed by atoms with Gasteiger partial charge in [0.2, 0.25) is 0 Å². The number of Topliss-reactive ketones (excluding diaryl/α,β-unsaturated/α-hetero) is 1. The number of hydrogen-bond donors (Lipinski definition) is 2. The van der Waals surface area contributed by atoms with Gasteiger partial charge in [0.1, 0.15) is 0 Å². The van der Waals surface area contributed by atoms with Crippen molar-refractivity contribution in [1.29, 1.82) is 0 Å². The van der Waals surface area contributed by atoms with Gasteiger partial charge in [-0.15, -0.1) is 11.3 Å². The van der Waals surface area contributed by atoms with Gasteiger partial charge in [0, 0.05) is 24.0 Å². The Morgan fingerprint density at radius 3 is 2.70 bits per heavy atom. The maximum Gasteiger partial charge on any atom is 0.253 e. The number of nitrogens with one attached hydrogen (secondary N) is 2. The molecule has 0 atom stereocenters. The average molecular weight is 330 g/mol. The van der Waals surface area contributed by atoms with E-state index in [1.165, 1.54) is 42.2 Å². The molecular formula is C18H22N2O2S. The average Bonchev–Trinajstić information content (AvgIpc) is 3.06. The molecule has 0 radical (unpaired) electrons. The molecule has 1 amide bonds. The maximum atomic E-state index is 12.5. The molecule has 2 aromatic rings. The summed E-state index contributed by atoms with van der Waals surface area (Å²) in [5.41, 5.74) is 5.29. The number of ketones is 1. The van der Waals surface area contributed by atoms with Crippen LogP contribution in [-0.4, -0.2) is 16.7 Å². The van der Waals surface area contributed by atoms with Crippen molar-refractivity contribution >= 4 is 23.0 Å². The van der Waals surface area contributed by atoms with Gasteiger partial charge < -0.3 is 10.3 Å². The van der Waals surface area contributed by atoms with Crippen LogP contribution in [-0.2, 0) is 19.4 Å². The largest absolute Gasteiger partial charge is 0.355 e. The van der Waals surface area contributed by atoms with Crippen molar-refractivity contribution in [3.05, 3.63) is 43.9 Å². The van der Waals surface area contributed by atoms with Crippen molar-refractivity contribution in [3.8, 4) is 0 Å². The van der Waals surface area contributed by atoms with Gasteiger partial charge in [0.15, 0.2) is 5.78 Å². The lowest BCUT2D eigenvalue weighted by Gasteiger charge is -2.13. The van der Waals surface area contributed by atoms with Crippen LogP contribution in [0.3, 0.4) is 0 Å². The lowest BCUT2D eigenvalue weighted by atomic mass is 9.96. The monoisotopic (exact) mass is 330 g/mol. The number of carbonyl (C=O) groups is 2. The van der Waals surface area contributed by atoms with E-state index in [-0.39, 0.29) is 11.7 Å². The molecule has 4 nitrogen and oxygen atoms in total. The number of aromatic nitrogens is 1. The zero-order valence-electron chi connectivity index (χ0n) is 13.8. The van der Waals surface area contributed by atoms with E-state index >= 15 is 0 Å². The fourth-order valence-corrected chi connectivity index (χ4v) is 4.56. The lowest BCUT2D eigenvalue weighted by molar-refractivity contribution is 0.0949.